The van der Waals surface area contributed by atoms with Crippen molar-refractivity contribution in [3.8, 4) is 17.1 Å². The summed E-state index contributed by atoms with van der Waals surface area (Å²) in [4.78, 5) is 16.0. The van der Waals surface area contributed by atoms with Gasteiger partial charge in [0.1, 0.15) is 17.1 Å². The van der Waals surface area contributed by atoms with Gasteiger partial charge >= 0.3 is 5.97 Å². The molecule has 3 rings (SSSR count). The zero-order valence-corrected chi connectivity index (χ0v) is 18.2. The lowest BCUT2D eigenvalue weighted by Crippen LogP contribution is -2.28. The first-order valence-electron chi connectivity index (χ1n) is 10.3. The van der Waals surface area contributed by atoms with Crippen molar-refractivity contribution >= 4 is 16.9 Å². The lowest BCUT2D eigenvalue weighted by Gasteiger charge is -2.23. The zero-order chi connectivity index (χ0) is 21.7. The molecule has 0 amide bonds. The van der Waals surface area contributed by atoms with E-state index < -0.39 is 5.97 Å². The van der Waals surface area contributed by atoms with Crippen molar-refractivity contribution < 1.29 is 18.7 Å². The molecule has 2 aromatic heterocycles. The highest BCUT2D eigenvalue weighted by Gasteiger charge is 2.21. The van der Waals surface area contributed by atoms with Crippen molar-refractivity contribution in [2.75, 3.05) is 13.2 Å². The fourth-order valence-corrected chi connectivity index (χ4v) is 3.12. The van der Waals surface area contributed by atoms with Crippen LogP contribution in [0.2, 0.25) is 0 Å². The summed E-state index contributed by atoms with van der Waals surface area (Å²) in [5.74, 6) is 1.09. The summed E-state index contributed by atoms with van der Waals surface area (Å²) >= 11 is 0. The Hall–Kier alpha value is -3.08. The quantitative estimate of drug-likeness (QED) is 0.334. The molecule has 0 radical (unpaired) electrons. The third-order valence-corrected chi connectivity index (χ3v) is 4.89. The van der Waals surface area contributed by atoms with Crippen LogP contribution in [0.3, 0.4) is 0 Å². The van der Waals surface area contributed by atoms with Crippen molar-refractivity contribution in [3.05, 3.63) is 60.4 Å². The molecule has 2 heterocycles. The van der Waals surface area contributed by atoms with Gasteiger partial charge in [-0.2, -0.15) is 0 Å². The van der Waals surface area contributed by atoms with Gasteiger partial charge in [-0.05, 0) is 43.2 Å². The Bertz CT molecular complexity index is 1050. The Kier molecular flexibility index (Phi) is 6.60. The van der Waals surface area contributed by atoms with Crippen molar-refractivity contribution in [1.29, 1.82) is 0 Å². The van der Waals surface area contributed by atoms with Gasteiger partial charge in [-0.1, -0.05) is 34.3 Å². The van der Waals surface area contributed by atoms with Crippen molar-refractivity contribution in [2.24, 2.45) is 5.41 Å². The molecule has 5 heteroatoms. The van der Waals surface area contributed by atoms with E-state index in [0.717, 1.165) is 52.6 Å². The second kappa shape index (κ2) is 9.16. The van der Waals surface area contributed by atoms with E-state index in [4.69, 9.17) is 18.9 Å². The van der Waals surface area contributed by atoms with E-state index in [2.05, 4.69) is 32.6 Å². The fourth-order valence-electron chi connectivity index (χ4n) is 3.12. The molecule has 0 saturated carbocycles. The molecule has 0 spiro atoms. The third kappa shape index (κ3) is 5.09. The minimum Gasteiger partial charge on any atom is -0.493 e. The number of aryl methyl sites for hydroxylation is 2. The van der Waals surface area contributed by atoms with Crippen LogP contribution in [-0.4, -0.2) is 24.2 Å². The van der Waals surface area contributed by atoms with Crippen LogP contribution in [0, 0.1) is 5.41 Å². The molecule has 30 heavy (non-hydrogen) atoms. The monoisotopic (exact) mass is 407 g/mol. The molecule has 0 saturated heterocycles. The third-order valence-electron chi connectivity index (χ3n) is 4.89. The minimum absolute atomic E-state index is 0.256. The van der Waals surface area contributed by atoms with E-state index >= 15 is 0 Å². The maximum atomic E-state index is 11.3. The summed E-state index contributed by atoms with van der Waals surface area (Å²) in [6, 6.07) is 12.0. The number of pyridine rings is 1. The van der Waals surface area contributed by atoms with Crippen LogP contribution in [0.1, 0.15) is 39.1 Å². The molecule has 0 aliphatic carbocycles. The molecular formula is C25H29NO4. The second-order valence-electron chi connectivity index (χ2n) is 8.08. The Morgan fingerprint density at radius 3 is 2.63 bits per heavy atom. The van der Waals surface area contributed by atoms with Gasteiger partial charge in [-0.25, -0.2) is 4.79 Å². The van der Waals surface area contributed by atoms with Crippen LogP contribution >= 0.6 is 0 Å². The Morgan fingerprint density at radius 2 is 1.93 bits per heavy atom. The maximum absolute atomic E-state index is 11.3. The van der Waals surface area contributed by atoms with Crippen LogP contribution in [0.4, 0.5) is 0 Å². The van der Waals surface area contributed by atoms with Gasteiger partial charge in [0.25, 0.3) is 0 Å². The molecule has 0 aliphatic heterocycles. The van der Waals surface area contributed by atoms with E-state index in [1.807, 2.05) is 38.1 Å². The number of fused-ring (bicyclic) bond motifs is 1. The molecular weight excluding hydrogens is 378 g/mol. The Labute approximate surface area is 177 Å². The number of carbonyl (C=O) groups is 1. The van der Waals surface area contributed by atoms with Crippen LogP contribution in [0.5, 0.6) is 5.75 Å². The highest BCUT2D eigenvalue weighted by atomic mass is 16.5. The van der Waals surface area contributed by atoms with E-state index in [9.17, 15) is 4.79 Å². The molecule has 1 aromatic carbocycles. The number of esters is 1. The molecule has 0 N–H and O–H groups in total. The first kappa shape index (κ1) is 21.6. The largest absolute Gasteiger partial charge is 0.493 e. The number of benzene rings is 1. The van der Waals surface area contributed by atoms with Crippen molar-refractivity contribution in [3.63, 3.8) is 0 Å². The first-order valence-corrected chi connectivity index (χ1v) is 10.3. The SMILES string of the molecule is C=CC(=O)OCC(C)(C)COc1ccc2cc(-c3ccc(CC)nc3CC)oc2c1. The van der Waals surface area contributed by atoms with Crippen molar-refractivity contribution in [2.45, 2.75) is 40.5 Å². The molecule has 0 atom stereocenters. The Morgan fingerprint density at radius 1 is 1.13 bits per heavy atom. The van der Waals surface area contributed by atoms with Crippen LogP contribution < -0.4 is 4.74 Å². The lowest BCUT2D eigenvalue weighted by molar-refractivity contribution is -0.141. The molecule has 0 fully saturated rings. The van der Waals surface area contributed by atoms with Gasteiger partial charge in [-0.15, -0.1) is 0 Å². The number of furan rings is 1. The number of ether oxygens (including phenoxy) is 2. The fraction of sp³-hybridized carbons (Fsp3) is 0.360. The summed E-state index contributed by atoms with van der Waals surface area (Å²) in [7, 11) is 0. The predicted molar refractivity (Wildman–Crippen MR) is 119 cm³/mol. The summed E-state index contributed by atoms with van der Waals surface area (Å²) in [6.45, 7) is 12.2. The number of hydrogen-bond donors (Lipinski definition) is 0. The van der Waals surface area contributed by atoms with E-state index in [1.165, 1.54) is 0 Å². The van der Waals surface area contributed by atoms with Crippen LogP contribution in [-0.2, 0) is 22.4 Å². The Balaban J connectivity index is 1.76. The standard InChI is InChI=1S/C25H29NO4/c1-6-18-10-12-20(21(7-2)26-18)23-13-17-9-11-19(14-22(17)30-23)28-15-25(4,5)16-29-24(27)8-3/h8-14H,3,6-7,15-16H2,1-2,4-5H3. The predicted octanol–water partition coefficient (Wildman–Crippen LogP) is 5.75. The van der Waals surface area contributed by atoms with E-state index in [0.29, 0.717) is 12.4 Å². The van der Waals surface area contributed by atoms with Gasteiger partial charge < -0.3 is 13.9 Å². The minimum atomic E-state index is -0.430. The number of carbonyl (C=O) groups excluding carboxylic acids is 1. The number of aromatic nitrogens is 1. The number of nitrogens with zero attached hydrogens (tertiary/aromatic N) is 1. The van der Waals surface area contributed by atoms with Gasteiger partial charge in [0.15, 0.2) is 0 Å². The molecule has 158 valence electrons. The molecule has 0 unspecified atom stereocenters. The normalized spacial score (nSPS) is 11.5. The number of rotatable bonds is 9. The maximum Gasteiger partial charge on any atom is 0.330 e. The van der Waals surface area contributed by atoms with Gasteiger partial charge in [0, 0.05) is 34.2 Å². The van der Waals surface area contributed by atoms with Crippen molar-refractivity contribution in [1.82, 2.24) is 4.98 Å². The van der Waals surface area contributed by atoms with Crippen LogP contribution in [0.15, 0.2) is 53.5 Å². The summed E-state index contributed by atoms with van der Waals surface area (Å²) in [5.41, 5.74) is 3.59. The molecule has 0 bridgehead atoms. The highest BCUT2D eigenvalue weighted by Crippen LogP contribution is 2.32. The molecule has 3 aromatic rings. The smallest absolute Gasteiger partial charge is 0.330 e. The first-order chi connectivity index (χ1) is 14.3. The lowest BCUT2D eigenvalue weighted by atomic mass is 9.96. The zero-order valence-electron chi connectivity index (χ0n) is 18.2. The van der Waals surface area contributed by atoms with Gasteiger partial charge in [0.05, 0.1) is 18.9 Å². The number of hydrogen-bond acceptors (Lipinski definition) is 5. The average Bonchev–Trinajstić information content (AvgIpc) is 3.18. The van der Waals surface area contributed by atoms with Crippen LogP contribution in [0.25, 0.3) is 22.3 Å². The topological polar surface area (TPSA) is 61.6 Å². The molecule has 5 nitrogen and oxygen atoms in total. The average molecular weight is 408 g/mol. The van der Waals surface area contributed by atoms with Gasteiger partial charge in [0.2, 0.25) is 0 Å². The molecule has 0 aliphatic rings. The highest BCUT2D eigenvalue weighted by molar-refractivity contribution is 5.84. The van der Waals surface area contributed by atoms with E-state index in [1.54, 1.807) is 0 Å². The van der Waals surface area contributed by atoms with Gasteiger partial charge in [-0.3, -0.25) is 4.98 Å². The second-order valence-corrected chi connectivity index (χ2v) is 8.08. The van der Waals surface area contributed by atoms with E-state index in [-0.39, 0.29) is 12.0 Å². The summed E-state index contributed by atoms with van der Waals surface area (Å²) in [5, 5.41) is 1.01. The summed E-state index contributed by atoms with van der Waals surface area (Å²) < 4.78 is 17.2. The summed E-state index contributed by atoms with van der Waals surface area (Å²) in [6.07, 6.45) is 2.92.